The number of rotatable bonds is 6. The number of benzene rings is 1. The highest BCUT2D eigenvalue weighted by molar-refractivity contribution is 5.95. The van der Waals surface area contributed by atoms with Crippen LogP contribution in [0.15, 0.2) is 18.2 Å². The summed E-state index contributed by atoms with van der Waals surface area (Å²) >= 11 is 0. The first-order valence-corrected chi connectivity index (χ1v) is 11.4. The van der Waals surface area contributed by atoms with Crippen molar-refractivity contribution in [3.63, 3.8) is 0 Å². The van der Waals surface area contributed by atoms with Crippen LogP contribution in [0.25, 0.3) is 0 Å². The van der Waals surface area contributed by atoms with Gasteiger partial charge in [0.05, 0.1) is 6.04 Å². The lowest BCUT2D eigenvalue weighted by Crippen LogP contribution is -2.58. The van der Waals surface area contributed by atoms with Crippen LogP contribution in [0.5, 0.6) is 11.5 Å². The lowest BCUT2D eigenvalue weighted by atomic mass is 9.95. The minimum absolute atomic E-state index is 0.0172. The summed E-state index contributed by atoms with van der Waals surface area (Å²) in [5.74, 6) is 2.67. The van der Waals surface area contributed by atoms with Crippen LogP contribution >= 0.6 is 0 Å². The Morgan fingerprint density at radius 1 is 1.00 bits per heavy atom. The summed E-state index contributed by atoms with van der Waals surface area (Å²) < 4.78 is 10.7. The second-order valence-corrected chi connectivity index (χ2v) is 9.07. The van der Waals surface area contributed by atoms with Gasteiger partial charge in [-0.1, -0.05) is 12.8 Å². The predicted molar refractivity (Wildman–Crippen MR) is 112 cm³/mol. The Morgan fingerprint density at radius 3 is 2.47 bits per heavy atom. The maximum Gasteiger partial charge on any atom is 0.254 e. The summed E-state index contributed by atoms with van der Waals surface area (Å²) in [6.45, 7) is 3.81. The van der Waals surface area contributed by atoms with Crippen molar-refractivity contribution in [2.45, 2.75) is 44.6 Å². The van der Waals surface area contributed by atoms with Crippen molar-refractivity contribution < 1.29 is 19.1 Å². The molecule has 1 aromatic rings. The van der Waals surface area contributed by atoms with Gasteiger partial charge in [-0.3, -0.25) is 14.5 Å². The Kier molecular flexibility index (Phi) is 5.54. The molecule has 0 bridgehead atoms. The molecule has 0 unspecified atom stereocenters. The Morgan fingerprint density at radius 2 is 1.73 bits per heavy atom. The molecule has 0 spiro atoms. The largest absolute Gasteiger partial charge is 0.454 e. The fraction of sp³-hybridized carbons (Fsp3) is 0.652. The van der Waals surface area contributed by atoms with Crippen LogP contribution in [0.4, 0.5) is 0 Å². The topological polar surface area (TPSA) is 71.1 Å². The standard InChI is InChI=1S/C23H31N3O4/c27-22(24-14-16-5-6-16)21(17-3-1-2-4-17)25-9-11-26(12-10-25)23(28)18-7-8-19-20(13-18)30-15-29-19/h7-8,13,16-17,21H,1-6,9-12,14-15H2,(H,24,27)/t21-/m1/s1. The van der Waals surface area contributed by atoms with Gasteiger partial charge in [-0.05, 0) is 55.7 Å². The maximum absolute atomic E-state index is 13.0. The molecule has 2 aliphatic carbocycles. The van der Waals surface area contributed by atoms with Crippen molar-refractivity contribution >= 4 is 11.8 Å². The molecule has 1 N–H and O–H groups in total. The number of amides is 2. The predicted octanol–water partition coefficient (Wildman–Crippen LogP) is 2.26. The van der Waals surface area contributed by atoms with E-state index in [2.05, 4.69) is 10.2 Å². The fourth-order valence-corrected chi connectivity index (χ4v) is 5.04. The van der Waals surface area contributed by atoms with Gasteiger partial charge in [0.25, 0.3) is 5.91 Å². The molecule has 2 heterocycles. The van der Waals surface area contributed by atoms with Gasteiger partial charge in [0.2, 0.25) is 12.7 Å². The first-order chi connectivity index (χ1) is 14.7. The zero-order chi connectivity index (χ0) is 20.5. The first kappa shape index (κ1) is 19.7. The summed E-state index contributed by atoms with van der Waals surface area (Å²) in [5.41, 5.74) is 0.627. The highest BCUT2D eigenvalue weighted by Gasteiger charge is 2.38. The molecule has 2 amide bonds. The molecule has 0 aromatic heterocycles. The van der Waals surface area contributed by atoms with E-state index in [1.54, 1.807) is 18.2 Å². The molecule has 5 rings (SSSR count). The number of hydrogen-bond donors (Lipinski definition) is 1. The zero-order valence-corrected chi connectivity index (χ0v) is 17.5. The van der Waals surface area contributed by atoms with E-state index in [0.29, 0.717) is 42.0 Å². The van der Waals surface area contributed by atoms with Crippen LogP contribution < -0.4 is 14.8 Å². The molecule has 162 valence electrons. The van der Waals surface area contributed by atoms with Gasteiger partial charge in [-0.2, -0.15) is 0 Å². The molecular formula is C23H31N3O4. The second kappa shape index (κ2) is 8.46. The summed E-state index contributed by atoms with van der Waals surface area (Å²) in [5, 5.41) is 3.22. The van der Waals surface area contributed by atoms with E-state index in [1.807, 2.05) is 4.90 Å². The van der Waals surface area contributed by atoms with Gasteiger partial charge in [0, 0.05) is 38.3 Å². The van der Waals surface area contributed by atoms with Crippen LogP contribution in [-0.4, -0.2) is 67.2 Å². The summed E-state index contributed by atoms with van der Waals surface area (Å²) in [6.07, 6.45) is 7.21. The third kappa shape index (κ3) is 4.13. The number of nitrogens with one attached hydrogen (secondary N) is 1. The molecule has 4 aliphatic rings. The van der Waals surface area contributed by atoms with Gasteiger partial charge in [0.1, 0.15) is 0 Å². The molecule has 0 radical (unpaired) electrons. The van der Waals surface area contributed by atoms with Gasteiger partial charge < -0.3 is 19.7 Å². The minimum atomic E-state index is -0.0472. The fourth-order valence-electron chi connectivity index (χ4n) is 5.04. The van der Waals surface area contributed by atoms with Crippen molar-refractivity contribution in [2.24, 2.45) is 11.8 Å². The number of nitrogens with zero attached hydrogens (tertiary/aromatic N) is 2. The van der Waals surface area contributed by atoms with E-state index in [9.17, 15) is 9.59 Å². The van der Waals surface area contributed by atoms with E-state index in [0.717, 1.165) is 32.5 Å². The van der Waals surface area contributed by atoms with Crippen molar-refractivity contribution in [3.05, 3.63) is 23.8 Å². The van der Waals surface area contributed by atoms with Gasteiger partial charge in [0.15, 0.2) is 11.5 Å². The normalized spacial score (nSPS) is 22.9. The minimum Gasteiger partial charge on any atom is -0.454 e. The second-order valence-electron chi connectivity index (χ2n) is 9.07. The van der Waals surface area contributed by atoms with Crippen LogP contribution in [0.2, 0.25) is 0 Å². The number of ether oxygens (including phenoxy) is 2. The van der Waals surface area contributed by atoms with Gasteiger partial charge in [-0.25, -0.2) is 0 Å². The lowest BCUT2D eigenvalue weighted by Gasteiger charge is -2.40. The highest BCUT2D eigenvalue weighted by Crippen LogP contribution is 2.34. The van der Waals surface area contributed by atoms with E-state index in [4.69, 9.17) is 9.47 Å². The molecule has 1 saturated heterocycles. The molecule has 7 heteroatoms. The quantitative estimate of drug-likeness (QED) is 0.775. The van der Waals surface area contributed by atoms with Crippen LogP contribution in [-0.2, 0) is 4.79 Å². The highest BCUT2D eigenvalue weighted by atomic mass is 16.7. The monoisotopic (exact) mass is 413 g/mol. The van der Waals surface area contributed by atoms with Crippen molar-refractivity contribution in [2.75, 3.05) is 39.5 Å². The third-order valence-electron chi connectivity index (χ3n) is 6.99. The summed E-state index contributed by atoms with van der Waals surface area (Å²) in [4.78, 5) is 30.2. The van der Waals surface area contributed by atoms with E-state index >= 15 is 0 Å². The molecule has 2 saturated carbocycles. The number of piperazine rings is 1. The van der Waals surface area contributed by atoms with Gasteiger partial charge in [-0.15, -0.1) is 0 Å². The average Bonchev–Trinajstić information content (AvgIpc) is 3.23. The SMILES string of the molecule is O=C(NCC1CC1)[C@@H](C1CCCC1)N1CCN(C(=O)c2ccc3c(c2)OCO3)CC1. The molecule has 7 nitrogen and oxygen atoms in total. The third-order valence-corrected chi connectivity index (χ3v) is 6.99. The molecular weight excluding hydrogens is 382 g/mol. The number of carbonyl (C=O) groups is 2. The van der Waals surface area contributed by atoms with Crippen LogP contribution in [0.3, 0.4) is 0 Å². The van der Waals surface area contributed by atoms with Crippen molar-refractivity contribution in [3.8, 4) is 11.5 Å². The Bertz CT molecular complexity index is 796. The summed E-state index contributed by atoms with van der Waals surface area (Å²) in [7, 11) is 0. The zero-order valence-electron chi connectivity index (χ0n) is 17.5. The smallest absolute Gasteiger partial charge is 0.254 e. The first-order valence-electron chi connectivity index (χ1n) is 11.4. The molecule has 1 aromatic carbocycles. The van der Waals surface area contributed by atoms with Crippen molar-refractivity contribution in [1.29, 1.82) is 0 Å². The lowest BCUT2D eigenvalue weighted by molar-refractivity contribution is -0.129. The summed E-state index contributed by atoms with van der Waals surface area (Å²) in [6, 6.07) is 5.32. The van der Waals surface area contributed by atoms with E-state index in [-0.39, 0.29) is 24.6 Å². The van der Waals surface area contributed by atoms with E-state index < -0.39 is 0 Å². The average molecular weight is 414 g/mol. The maximum atomic E-state index is 13.0. The van der Waals surface area contributed by atoms with Crippen LogP contribution in [0, 0.1) is 11.8 Å². The Labute approximate surface area is 177 Å². The number of carbonyl (C=O) groups excluding carboxylic acids is 2. The number of hydrogen-bond acceptors (Lipinski definition) is 5. The molecule has 1 atom stereocenters. The number of fused-ring (bicyclic) bond motifs is 1. The molecule has 3 fully saturated rings. The molecule has 30 heavy (non-hydrogen) atoms. The Balaban J connectivity index is 1.21. The van der Waals surface area contributed by atoms with Gasteiger partial charge >= 0.3 is 0 Å². The Hall–Kier alpha value is -2.28. The van der Waals surface area contributed by atoms with Crippen LogP contribution in [0.1, 0.15) is 48.9 Å². The molecule has 2 aliphatic heterocycles. The van der Waals surface area contributed by atoms with Crippen molar-refractivity contribution in [1.82, 2.24) is 15.1 Å². The van der Waals surface area contributed by atoms with E-state index in [1.165, 1.54) is 25.7 Å².